The van der Waals surface area contributed by atoms with Gasteiger partial charge in [0.15, 0.2) is 0 Å². The fourth-order valence-electron chi connectivity index (χ4n) is 4.04. The van der Waals surface area contributed by atoms with Crippen LogP contribution < -0.4 is 0 Å². The molecule has 0 unspecified atom stereocenters. The Morgan fingerprint density at radius 1 is 0.462 bits per heavy atom. The van der Waals surface area contributed by atoms with E-state index in [-0.39, 0.29) is 0 Å². The van der Waals surface area contributed by atoms with Crippen LogP contribution >= 0.6 is 0 Å². The predicted molar refractivity (Wildman–Crippen MR) is 125 cm³/mol. The van der Waals surface area contributed by atoms with Gasteiger partial charge in [-0.3, -0.25) is 0 Å². The van der Waals surface area contributed by atoms with Crippen molar-refractivity contribution >= 4 is 10.2 Å². The standard InChI is InChI=1S/C24H54NSi/c1-4-6-8-10-12-14-16-18-20-22-25(3,24-26)23-21-19-17-15-13-11-9-7-5-2/h4-24H2,1-3,26H3/q+1. The molecule has 0 aliphatic carbocycles. The van der Waals surface area contributed by atoms with E-state index in [2.05, 4.69) is 20.9 Å². The highest BCUT2D eigenvalue weighted by molar-refractivity contribution is 6.08. The lowest BCUT2D eigenvalue weighted by Crippen LogP contribution is -2.46. The maximum Gasteiger partial charge on any atom is 0.0781 e. The van der Waals surface area contributed by atoms with Crippen molar-refractivity contribution in [3.05, 3.63) is 0 Å². The van der Waals surface area contributed by atoms with Gasteiger partial charge in [-0.25, -0.2) is 0 Å². The fraction of sp³-hybridized carbons (Fsp3) is 1.00. The molecule has 0 amide bonds. The quantitative estimate of drug-likeness (QED) is 0.116. The van der Waals surface area contributed by atoms with Gasteiger partial charge in [-0.2, -0.15) is 0 Å². The van der Waals surface area contributed by atoms with Gasteiger partial charge in [0.1, 0.15) is 0 Å². The molecule has 0 N–H and O–H groups in total. The Bertz CT molecular complexity index is 245. The summed E-state index contributed by atoms with van der Waals surface area (Å²) in [5, 5.41) is 0. The van der Waals surface area contributed by atoms with Crippen molar-refractivity contribution < 1.29 is 4.48 Å². The minimum atomic E-state index is 1.36. The molecule has 158 valence electrons. The summed E-state index contributed by atoms with van der Waals surface area (Å²) in [4.78, 5) is 0. The molecular formula is C24H54NSi+. The Morgan fingerprint density at radius 3 is 1.00 bits per heavy atom. The Morgan fingerprint density at radius 2 is 0.731 bits per heavy atom. The second-order valence-electron chi connectivity index (χ2n) is 9.04. The van der Waals surface area contributed by atoms with Crippen LogP contribution in [0.2, 0.25) is 0 Å². The normalized spacial score (nSPS) is 12.1. The summed E-state index contributed by atoms with van der Waals surface area (Å²) in [7, 11) is 3.89. The molecule has 0 aromatic carbocycles. The summed E-state index contributed by atoms with van der Waals surface area (Å²) in [6.07, 6.45) is 27.7. The summed E-state index contributed by atoms with van der Waals surface area (Å²) in [6.45, 7) is 7.49. The zero-order valence-electron chi connectivity index (χ0n) is 19.3. The molecule has 0 rings (SSSR count). The van der Waals surface area contributed by atoms with E-state index in [4.69, 9.17) is 0 Å². The first-order chi connectivity index (χ1) is 12.7. The maximum atomic E-state index is 2.53. The van der Waals surface area contributed by atoms with Crippen LogP contribution in [0.25, 0.3) is 0 Å². The van der Waals surface area contributed by atoms with Crippen LogP contribution in [-0.2, 0) is 0 Å². The van der Waals surface area contributed by atoms with Crippen molar-refractivity contribution in [2.75, 3.05) is 26.3 Å². The van der Waals surface area contributed by atoms with E-state index < -0.39 is 0 Å². The van der Waals surface area contributed by atoms with Crippen LogP contribution in [0.3, 0.4) is 0 Å². The Labute approximate surface area is 170 Å². The molecule has 0 heterocycles. The minimum Gasteiger partial charge on any atom is -0.330 e. The monoisotopic (exact) mass is 384 g/mol. The Balaban J connectivity index is 3.49. The summed E-state index contributed by atoms with van der Waals surface area (Å²) in [5.74, 6) is 0. The van der Waals surface area contributed by atoms with Crippen LogP contribution in [0.4, 0.5) is 0 Å². The first-order valence-electron chi connectivity index (χ1n) is 12.5. The highest BCUT2D eigenvalue weighted by Crippen LogP contribution is 2.14. The minimum absolute atomic E-state index is 1.36. The number of unbranched alkanes of at least 4 members (excludes halogenated alkanes) is 16. The van der Waals surface area contributed by atoms with Crippen molar-refractivity contribution in [1.29, 1.82) is 0 Å². The van der Waals surface area contributed by atoms with Crippen LogP contribution in [0.15, 0.2) is 0 Å². The molecule has 0 saturated carbocycles. The van der Waals surface area contributed by atoms with Gasteiger partial charge in [-0.05, 0) is 25.7 Å². The lowest BCUT2D eigenvalue weighted by atomic mass is 10.1. The second-order valence-corrected chi connectivity index (χ2v) is 9.67. The van der Waals surface area contributed by atoms with Crippen molar-refractivity contribution in [2.45, 2.75) is 129 Å². The number of quaternary nitrogens is 1. The molecule has 0 bridgehead atoms. The molecule has 0 spiro atoms. The van der Waals surface area contributed by atoms with Gasteiger partial charge >= 0.3 is 0 Å². The highest BCUT2D eigenvalue weighted by atomic mass is 28.1. The van der Waals surface area contributed by atoms with Gasteiger partial charge in [0.2, 0.25) is 0 Å². The zero-order valence-corrected chi connectivity index (χ0v) is 21.3. The molecule has 0 aromatic heterocycles. The largest absolute Gasteiger partial charge is 0.330 e. The van der Waals surface area contributed by atoms with E-state index in [1.165, 1.54) is 150 Å². The fourth-order valence-corrected chi connectivity index (χ4v) is 4.67. The third kappa shape index (κ3) is 17.6. The molecule has 1 nitrogen and oxygen atoms in total. The van der Waals surface area contributed by atoms with Crippen molar-refractivity contribution in [3.8, 4) is 0 Å². The lowest BCUT2D eigenvalue weighted by molar-refractivity contribution is -0.899. The Hall–Kier alpha value is 0.177. The van der Waals surface area contributed by atoms with E-state index in [0.29, 0.717) is 0 Å². The van der Waals surface area contributed by atoms with Gasteiger partial charge in [0, 0.05) is 0 Å². The Kier molecular flexibility index (Phi) is 20.1. The molecule has 0 aliphatic heterocycles. The molecule has 0 aromatic rings. The third-order valence-electron chi connectivity index (χ3n) is 6.37. The number of nitrogens with zero attached hydrogens (tertiary/aromatic N) is 1. The van der Waals surface area contributed by atoms with Gasteiger partial charge in [-0.1, -0.05) is 104 Å². The number of rotatable bonds is 21. The molecule has 0 atom stereocenters. The average molecular weight is 385 g/mol. The topological polar surface area (TPSA) is 0 Å². The average Bonchev–Trinajstić information content (AvgIpc) is 2.65. The summed E-state index contributed by atoms with van der Waals surface area (Å²) in [6, 6.07) is 0. The van der Waals surface area contributed by atoms with Crippen molar-refractivity contribution in [2.24, 2.45) is 0 Å². The number of hydrogen-bond acceptors (Lipinski definition) is 0. The van der Waals surface area contributed by atoms with Gasteiger partial charge in [-0.15, -0.1) is 0 Å². The van der Waals surface area contributed by atoms with E-state index in [1.807, 2.05) is 0 Å². The smallest absolute Gasteiger partial charge is 0.0781 e. The van der Waals surface area contributed by atoms with Gasteiger partial charge in [0.25, 0.3) is 0 Å². The highest BCUT2D eigenvalue weighted by Gasteiger charge is 2.17. The SMILES string of the molecule is CCCCCCCCCCC[N+](C)(C[SiH3])CCCCCCCCCCC. The molecule has 0 radical (unpaired) electrons. The van der Waals surface area contributed by atoms with Crippen LogP contribution in [-0.4, -0.2) is 41.0 Å². The molecule has 0 saturated heterocycles. The molecular weight excluding hydrogens is 330 g/mol. The van der Waals surface area contributed by atoms with Gasteiger partial charge in [0.05, 0.1) is 36.5 Å². The second kappa shape index (κ2) is 19.9. The van der Waals surface area contributed by atoms with E-state index in [9.17, 15) is 0 Å². The molecule has 0 aliphatic rings. The van der Waals surface area contributed by atoms with Gasteiger partial charge < -0.3 is 4.48 Å². The van der Waals surface area contributed by atoms with Crippen LogP contribution in [0, 0.1) is 0 Å². The zero-order chi connectivity index (χ0) is 19.3. The van der Waals surface area contributed by atoms with Crippen LogP contribution in [0.5, 0.6) is 0 Å². The third-order valence-corrected chi connectivity index (χ3v) is 7.89. The van der Waals surface area contributed by atoms with E-state index in [0.717, 1.165) is 0 Å². The summed E-state index contributed by atoms with van der Waals surface area (Å²) in [5.41, 5.74) is 0. The number of hydrogen-bond donors (Lipinski definition) is 0. The first-order valence-corrected chi connectivity index (χ1v) is 13.9. The summed E-state index contributed by atoms with van der Waals surface area (Å²) >= 11 is 0. The molecule has 26 heavy (non-hydrogen) atoms. The lowest BCUT2D eigenvalue weighted by Gasteiger charge is -2.34. The van der Waals surface area contributed by atoms with Crippen LogP contribution in [0.1, 0.15) is 129 Å². The van der Waals surface area contributed by atoms with Crippen molar-refractivity contribution in [3.63, 3.8) is 0 Å². The van der Waals surface area contributed by atoms with E-state index in [1.54, 1.807) is 0 Å². The van der Waals surface area contributed by atoms with E-state index >= 15 is 0 Å². The summed E-state index contributed by atoms with van der Waals surface area (Å²) < 4.78 is 1.37. The molecule has 0 fully saturated rings. The molecule has 2 heteroatoms. The maximum absolute atomic E-state index is 2.53. The predicted octanol–water partition coefficient (Wildman–Crippen LogP) is 6.82. The van der Waals surface area contributed by atoms with Crippen molar-refractivity contribution in [1.82, 2.24) is 0 Å². The first kappa shape index (κ1) is 26.2.